The number of hydrogen-bond acceptors (Lipinski definition) is 11. The van der Waals surface area contributed by atoms with Crippen LogP contribution in [0.25, 0.3) is 0 Å². The number of carboxylic acids is 1. The Morgan fingerprint density at radius 3 is 2.88 bits per heavy atom. The molecule has 40 heavy (non-hydrogen) atoms. The van der Waals surface area contributed by atoms with Gasteiger partial charge in [0, 0.05) is 48.3 Å². The van der Waals surface area contributed by atoms with Gasteiger partial charge in [-0.15, -0.1) is 16.9 Å². The van der Waals surface area contributed by atoms with Crippen molar-refractivity contribution in [3.05, 3.63) is 16.9 Å². The second kappa shape index (κ2) is 10.7. The van der Waals surface area contributed by atoms with Crippen molar-refractivity contribution >= 4 is 35.5 Å². The van der Waals surface area contributed by atoms with E-state index in [1.54, 1.807) is 6.92 Å². The van der Waals surface area contributed by atoms with Crippen molar-refractivity contribution in [2.45, 2.75) is 62.3 Å². The lowest BCUT2D eigenvalue weighted by Gasteiger charge is -2.47. The van der Waals surface area contributed by atoms with Crippen LogP contribution in [0.2, 0.25) is 0 Å². The first kappa shape index (κ1) is 27.1. The predicted molar refractivity (Wildman–Crippen MR) is 139 cm³/mol. The number of nitrogens with zero attached hydrogens (tertiary/aromatic N) is 6. The molecule has 6 heterocycles. The minimum Gasteiger partial charge on any atom is -0.477 e. The van der Waals surface area contributed by atoms with Crippen LogP contribution >= 0.6 is 11.8 Å². The highest BCUT2D eigenvalue weighted by Crippen LogP contribution is 2.51. The first-order valence-electron chi connectivity index (χ1n) is 13.6. The minimum absolute atomic E-state index is 0.0128. The largest absolute Gasteiger partial charge is 0.477 e. The topological polar surface area (TPSA) is 184 Å². The lowest BCUT2D eigenvalue weighted by Crippen LogP contribution is -2.66. The van der Waals surface area contributed by atoms with E-state index in [0.717, 1.165) is 13.1 Å². The molecule has 15 nitrogen and oxygen atoms in total. The van der Waals surface area contributed by atoms with Gasteiger partial charge in [0.05, 0.1) is 36.8 Å². The summed E-state index contributed by atoms with van der Waals surface area (Å²) in [6.07, 6.45) is 1.92. The molecule has 4 N–H and O–H groups in total. The summed E-state index contributed by atoms with van der Waals surface area (Å²) in [6.45, 7) is 6.71. The van der Waals surface area contributed by atoms with Crippen molar-refractivity contribution in [3.63, 3.8) is 0 Å². The van der Waals surface area contributed by atoms with Gasteiger partial charge in [0.25, 0.3) is 0 Å². The van der Waals surface area contributed by atoms with E-state index in [2.05, 4.69) is 31.5 Å². The molecular weight excluding hydrogens is 542 g/mol. The standard InChI is InChI=1S/C24H33N9O6S/c1-11-19-18(12(2)28-17(34)9-31-10-27-29-30-31)23(36)33(19)20(24(37)38)21(11)40-13-5-14(26-6-13)22(35)32-3-4-39-16-8-25-7-15(16)32/h10-16,18-19,25-26H,3-9H2,1-2H3,(H,28,34)(H,37,38)/t11-,12-,13+,14+,15-,16+,18-,19-/m1/s1. The Kier molecular flexibility index (Phi) is 7.27. The van der Waals surface area contributed by atoms with Gasteiger partial charge in [-0.25, -0.2) is 9.48 Å². The highest BCUT2D eigenvalue weighted by atomic mass is 32.2. The molecule has 1 aromatic heterocycles. The van der Waals surface area contributed by atoms with Crippen molar-refractivity contribution in [2.75, 3.05) is 32.8 Å². The average molecular weight is 576 g/mol. The van der Waals surface area contributed by atoms with E-state index in [4.69, 9.17) is 4.74 Å². The SMILES string of the molecule is C[C@@H](NC(=O)Cn1cnnn1)[C@H]1C(=O)N2C(C(=O)O)=C(S[C@@H]3CN[C@H](C(=O)N4CCO[C@H]5CNC[C@H]54)C3)[C@H](C)[C@H]12. The fraction of sp³-hybridized carbons (Fsp3) is 0.708. The van der Waals surface area contributed by atoms with Gasteiger partial charge in [-0.3, -0.25) is 14.4 Å². The summed E-state index contributed by atoms with van der Waals surface area (Å²) in [6, 6.07) is -1.18. The number of aromatic nitrogens is 4. The van der Waals surface area contributed by atoms with Gasteiger partial charge >= 0.3 is 5.97 Å². The fourth-order valence-electron chi connectivity index (χ4n) is 6.71. The molecule has 6 rings (SSSR count). The molecule has 8 atom stereocenters. The smallest absolute Gasteiger partial charge is 0.353 e. The molecule has 0 saturated carbocycles. The maximum absolute atomic E-state index is 13.4. The summed E-state index contributed by atoms with van der Waals surface area (Å²) in [5, 5.41) is 30.2. The molecule has 4 saturated heterocycles. The highest BCUT2D eigenvalue weighted by molar-refractivity contribution is 8.03. The third-order valence-corrected chi connectivity index (χ3v) is 10.1. The Morgan fingerprint density at radius 2 is 2.12 bits per heavy atom. The molecule has 0 aromatic carbocycles. The molecule has 0 spiro atoms. The Bertz CT molecular complexity index is 1230. The Labute approximate surface area is 234 Å². The van der Waals surface area contributed by atoms with E-state index in [0.29, 0.717) is 31.0 Å². The number of amides is 3. The number of thioether (sulfide) groups is 1. The zero-order chi connectivity index (χ0) is 28.1. The summed E-state index contributed by atoms with van der Waals surface area (Å²) in [5.74, 6) is -2.52. The molecule has 1 aromatic rings. The van der Waals surface area contributed by atoms with Crippen LogP contribution in [0.15, 0.2) is 16.9 Å². The Morgan fingerprint density at radius 1 is 1.30 bits per heavy atom. The maximum Gasteiger partial charge on any atom is 0.353 e. The van der Waals surface area contributed by atoms with Crippen molar-refractivity contribution in [3.8, 4) is 0 Å². The second-order valence-electron chi connectivity index (χ2n) is 11.0. The third kappa shape index (κ3) is 4.65. The quantitative estimate of drug-likeness (QED) is 0.242. The lowest BCUT2D eigenvalue weighted by molar-refractivity contribution is -0.158. The summed E-state index contributed by atoms with van der Waals surface area (Å²) in [5.41, 5.74) is 0.0128. The summed E-state index contributed by atoms with van der Waals surface area (Å²) < 4.78 is 7.08. The van der Waals surface area contributed by atoms with E-state index >= 15 is 0 Å². The Hall–Kier alpha value is -3.08. The zero-order valence-corrected chi connectivity index (χ0v) is 23.0. The number of fused-ring (bicyclic) bond motifs is 2. The third-order valence-electron chi connectivity index (χ3n) is 8.57. The fourth-order valence-corrected chi connectivity index (χ4v) is 8.19. The van der Waals surface area contributed by atoms with E-state index in [1.807, 2.05) is 11.8 Å². The number of rotatable bonds is 8. The Balaban J connectivity index is 1.10. The number of ether oxygens (including phenoxy) is 1. The van der Waals surface area contributed by atoms with Crippen molar-refractivity contribution in [2.24, 2.45) is 11.8 Å². The number of carbonyl (C=O) groups excluding carboxylic acids is 3. The van der Waals surface area contributed by atoms with Crippen LogP contribution in [0.1, 0.15) is 20.3 Å². The molecule has 5 aliphatic heterocycles. The number of carbonyl (C=O) groups is 4. The van der Waals surface area contributed by atoms with Crippen LogP contribution in [0, 0.1) is 11.8 Å². The molecule has 16 heteroatoms. The zero-order valence-electron chi connectivity index (χ0n) is 22.2. The molecular formula is C24H33N9O6S. The molecule has 0 aliphatic carbocycles. The van der Waals surface area contributed by atoms with Crippen molar-refractivity contribution in [1.29, 1.82) is 0 Å². The summed E-state index contributed by atoms with van der Waals surface area (Å²) >= 11 is 1.45. The van der Waals surface area contributed by atoms with Crippen LogP contribution in [0.5, 0.6) is 0 Å². The maximum atomic E-state index is 13.4. The number of nitrogens with one attached hydrogen (secondary N) is 3. The van der Waals surface area contributed by atoms with E-state index in [9.17, 15) is 24.3 Å². The van der Waals surface area contributed by atoms with Gasteiger partial charge in [-0.2, -0.15) is 0 Å². The first-order valence-corrected chi connectivity index (χ1v) is 14.5. The molecule has 4 fully saturated rings. The van der Waals surface area contributed by atoms with E-state index < -0.39 is 17.9 Å². The van der Waals surface area contributed by atoms with Crippen LogP contribution < -0.4 is 16.0 Å². The van der Waals surface area contributed by atoms with Gasteiger partial charge < -0.3 is 35.6 Å². The van der Waals surface area contributed by atoms with Gasteiger partial charge in [0.15, 0.2) is 0 Å². The summed E-state index contributed by atoms with van der Waals surface area (Å²) in [7, 11) is 0. The molecule has 0 unspecified atom stereocenters. The molecule has 5 aliphatic rings. The normalized spacial score (nSPS) is 34.0. The van der Waals surface area contributed by atoms with Crippen LogP contribution in [-0.4, -0.2) is 127 Å². The molecule has 216 valence electrons. The van der Waals surface area contributed by atoms with E-state index in [1.165, 1.54) is 27.7 Å². The van der Waals surface area contributed by atoms with Gasteiger partial charge in [-0.05, 0) is 23.8 Å². The van der Waals surface area contributed by atoms with Crippen molar-refractivity contribution in [1.82, 2.24) is 46.0 Å². The van der Waals surface area contributed by atoms with Gasteiger partial charge in [0.1, 0.15) is 18.6 Å². The number of β-lactam (4-membered cyclic amide) rings is 1. The number of tetrazole rings is 1. The number of morpholine rings is 1. The minimum atomic E-state index is -1.15. The first-order chi connectivity index (χ1) is 19.2. The molecule has 0 bridgehead atoms. The summed E-state index contributed by atoms with van der Waals surface area (Å²) in [4.78, 5) is 55.3. The molecule has 3 amide bonds. The van der Waals surface area contributed by atoms with Gasteiger partial charge in [0.2, 0.25) is 17.7 Å². The van der Waals surface area contributed by atoms with Crippen LogP contribution in [-0.2, 0) is 30.5 Å². The number of hydrogen-bond donors (Lipinski definition) is 4. The highest BCUT2D eigenvalue weighted by Gasteiger charge is 2.60. The lowest BCUT2D eigenvalue weighted by atomic mass is 9.78. The average Bonchev–Trinajstić information content (AvgIpc) is 3.71. The number of aliphatic carboxylic acids is 1. The number of carboxylic acid groups (broad SMARTS) is 1. The monoisotopic (exact) mass is 575 g/mol. The van der Waals surface area contributed by atoms with Crippen molar-refractivity contribution < 1.29 is 29.0 Å². The van der Waals surface area contributed by atoms with Crippen LogP contribution in [0.3, 0.4) is 0 Å². The second-order valence-corrected chi connectivity index (χ2v) is 12.3. The predicted octanol–water partition coefficient (Wildman–Crippen LogP) is -2.39. The van der Waals surface area contributed by atoms with Crippen LogP contribution in [0.4, 0.5) is 0 Å². The van der Waals surface area contributed by atoms with E-state index in [-0.39, 0.29) is 65.4 Å². The van der Waals surface area contributed by atoms with Gasteiger partial charge in [-0.1, -0.05) is 6.92 Å². The molecule has 0 radical (unpaired) electrons.